The highest BCUT2D eigenvalue weighted by atomic mass is 16.5. The van der Waals surface area contributed by atoms with E-state index in [4.69, 9.17) is 4.74 Å². The Hall–Kier alpha value is -4.70. The lowest BCUT2D eigenvalue weighted by Gasteiger charge is -2.30. The molecule has 1 spiro atoms. The van der Waals surface area contributed by atoms with E-state index in [1.165, 1.54) is 43.3 Å². The highest BCUT2D eigenvalue weighted by Gasteiger charge is 2.70. The van der Waals surface area contributed by atoms with Crippen LogP contribution < -0.4 is 20.3 Å². The molecule has 10 nitrogen and oxygen atoms in total. The first kappa shape index (κ1) is 25.6. The summed E-state index contributed by atoms with van der Waals surface area (Å²) >= 11 is 0. The van der Waals surface area contributed by atoms with Crippen molar-refractivity contribution in [1.82, 2.24) is 5.32 Å². The van der Waals surface area contributed by atoms with E-state index in [0.717, 1.165) is 16.9 Å². The molecule has 40 heavy (non-hydrogen) atoms. The molecule has 0 radical (unpaired) electrons. The molecule has 3 aromatic carbocycles. The predicted molar refractivity (Wildman–Crippen MR) is 144 cm³/mol. The molecule has 10 heteroatoms. The fourth-order valence-electron chi connectivity index (χ4n) is 6.28. The topological polar surface area (TPSA) is 145 Å². The Kier molecular flexibility index (Phi) is 5.88. The summed E-state index contributed by atoms with van der Waals surface area (Å²) in [6.45, 7) is 3.27. The molecule has 4 atom stereocenters. The third-order valence-electron chi connectivity index (χ3n) is 8.04. The van der Waals surface area contributed by atoms with Crippen LogP contribution in [-0.2, 0) is 37.6 Å². The van der Waals surface area contributed by atoms with Crippen molar-refractivity contribution in [3.63, 3.8) is 0 Å². The zero-order valence-corrected chi connectivity index (χ0v) is 21.8. The highest BCUT2D eigenvalue weighted by Crippen LogP contribution is 2.54. The number of benzene rings is 3. The zero-order chi connectivity index (χ0) is 28.3. The molecule has 4 N–H and O–H groups in total. The number of rotatable bonds is 5. The van der Waals surface area contributed by atoms with Crippen LogP contribution in [0.25, 0.3) is 0 Å². The molecule has 2 saturated heterocycles. The molecule has 3 amide bonds. The number of aromatic hydroxyl groups is 2. The third kappa shape index (κ3) is 3.75. The molecule has 0 saturated carbocycles. The number of esters is 1. The van der Waals surface area contributed by atoms with Gasteiger partial charge < -0.3 is 20.3 Å². The quantitative estimate of drug-likeness (QED) is 0.167. The van der Waals surface area contributed by atoms with Gasteiger partial charge in [0, 0.05) is 24.2 Å². The fraction of sp³-hybridized carbons (Fsp3) is 0.267. The lowest BCUT2D eigenvalue weighted by molar-refractivity contribution is -0.132. The fourth-order valence-corrected chi connectivity index (χ4v) is 6.28. The van der Waals surface area contributed by atoms with Crippen LogP contribution in [0.15, 0.2) is 60.7 Å². The minimum absolute atomic E-state index is 0.213. The summed E-state index contributed by atoms with van der Waals surface area (Å²) in [6, 6.07) is 15.4. The molecule has 3 aliphatic rings. The van der Waals surface area contributed by atoms with Gasteiger partial charge in [0.25, 0.3) is 0 Å². The van der Waals surface area contributed by atoms with E-state index in [0.29, 0.717) is 22.5 Å². The maximum atomic E-state index is 14.2. The maximum absolute atomic E-state index is 14.2. The summed E-state index contributed by atoms with van der Waals surface area (Å²) in [4.78, 5) is 54.4. The first-order valence-electron chi connectivity index (χ1n) is 13.0. The summed E-state index contributed by atoms with van der Waals surface area (Å²) in [5.74, 6) is -4.10. The van der Waals surface area contributed by atoms with Crippen LogP contribution in [0.3, 0.4) is 0 Å². The molecule has 6 rings (SSSR count). The van der Waals surface area contributed by atoms with Crippen molar-refractivity contribution in [3.05, 3.63) is 77.4 Å². The van der Waals surface area contributed by atoms with Gasteiger partial charge in [0.1, 0.15) is 11.3 Å². The van der Waals surface area contributed by atoms with Crippen LogP contribution in [0.4, 0.5) is 11.4 Å². The largest absolute Gasteiger partial charge is 0.504 e. The van der Waals surface area contributed by atoms with Crippen LogP contribution in [-0.4, -0.2) is 39.9 Å². The smallest absolute Gasteiger partial charge is 0.308 e. The van der Waals surface area contributed by atoms with Crippen LogP contribution in [0.2, 0.25) is 0 Å². The van der Waals surface area contributed by atoms with Crippen LogP contribution >= 0.6 is 0 Å². The monoisotopic (exact) mass is 541 g/mol. The van der Waals surface area contributed by atoms with Crippen molar-refractivity contribution in [3.8, 4) is 17.2 Å². The van der Waals surface area contributed by atoms with Gasteiger partial charge in [-0.25, -0.2) is 4.90 Å². The summed E-state index contributed by atoms with van der Waals surface area (Å²) < 4.78 is 5.08. The number of hydrogen-bond acceptors (Lipinski definition) is 8. The highest BCUT2D eigenvalue weighted by molar-refractivity contribution is 6.25. The standard InChI is InChI=1S/C30H27N3O7/c1-3-16-4-10-21-20(12-16)30(29(39)31-21)26-25(22(32-30)13-17-5-11-23(35)24(36)14-17)27(37)33(28(26)38)18-6-8-19(9-7-18)40-15(2)34/h4-12,14,22,25-26,32,35-36H,3,13H2,1-2H3,(H,31,39)/t22-,25+,26-,30-/m0/s1. The van der Waals surface area contributed by atoms with Crippen molar-refractivity contribution in [2.75, 3.05) is 10.2 Å². The van der Waals surface area contributed by atoms with Gasteiger partial charge in [-0.2, -0.15) is 0 Å². The Balaban J connectivity index is 1.45. The Labute approximate surface area is 229 Å². The van der Waals surface area contributed by atoms with Crippen molar-refractivity contribution in [2.45, 2.75) is 38.3 Å². The van der Waals surface area contributed by atoms with Gasteiger partial charge in [0.2, 0.25) is 17.7 Å². The first-order chi connectivity index (χ1) is 19.1. The van der Waals surface area contributed by atoms with Gasteiger partial charge in [0.15, 0.2) is 11.5 Å². The number of hydrogen-bond donors (Lipinski definition) is 4. The van der Waals surface area contributed by atoms with E-state index in [2.05, 4.69) is 10.6 Å². The molecule has 3 aromatic rings. The van der Waals surface area contributed by atoms with Crippen molar-refractivity contribution in [2.24, 2.45) is 11.8 Å². The molecule has 0 unspecified atom stereocenters. The second-order valence-corrected chi connectivity index (χ2v) is 10.4. The minimum atomic E-state index is -1.48. The number of anilines is 2. The van der Waals surface area contributed by atoms with Crippen LogP contribution in [0.5, 0.6) is 17.2 Å². The lowest BCUT2D eigenvalue weighted by atomic mass is 9.76. The Morgan fingerprint density at radius 2 is 1.68 bits per heavy atom. The molecular formula is C30H27N3O7. The first-order valence-corrected chi connectivity index (χ1v) is 13.0. The number of nitrogens with zero attached hydrogens (tertiary/aromatic N) is 1. The number of carbonyl (C=O) groups is 4. The van der Waals surface area contributed by atoms with Gasteiger partial charge in [-0.1, -0.05) is 25.1 Å². The van der Waals surface area contributed by atoms with Crippen LogP contribution in [0, 0.1) is 11.8 Å². The average Bonchev–Trinajstić information content (AvgIpc) is 3.50. The number of amides is 3. The van der Waals surface area contributed by atoms with Gasteiger partial charge >= 0.3 is 5.97 Å². The van der Waals surface area contributed by atoms with E-state index in [1.54, 1.807) is 6.07 Å². The van der Waals surface area contributed by atoms with E-state index in [1.807, 2.05) is 25.1 Å². The number of fused-ring (bicyclic) bond motifs is 4. The van der Waals surface area contributed by atoms with Crippen molar-refractivity contribution >= 4 is 35.1 Å². The number of aryl methyl sites for hydroxylation is 1. The molecule has 0 aliphatic carbocycles. The summed E-state index contributed by atoms with van der Waals surface area (Å²) in [7, 11) is 0. The van der Waals surface area contributed by atoms with E-state index < -0.39 is 47.1 Å². The number of phenolic OH excluding ortho intramolecular Hbond substituents is 2. The van der Waals surface area contributed by atoms with Gasteiger partial charge in [0.05, 0.1) is 17.5 Å². The molecule has 2 fully saturated rings. The van der Waals surface area contributed by atoms with E-state index in [-0.39, 0.29) is 23.7 Å². The normalized spacial score (nSPS) is 24.8. The number of nitrogens with one attached hydrogen (secondary N) is 2. The van der Waals surface area contributed by atoms with E-state index in [9.17, 15) is 29.4 Å². The molecular weight excluding hydrogens is 514 g/mol. The minimum Gasteiger partial charge on any atom is -0.504 e. The number of ether oxygens (including phenoxy) is 1. The van der Waals surface area contributed by atoms with E-state index >= 15 is 0 Å². The molecule has 204 valence electrons. The average molecular weight is 542 g/mol. The van der Waals surface area contributed by atoms with Crippen molar-refractivity contribution < 1.29 is 34.1 Å². The molecule has 3 aliphatic heterocycles. The number of carbonyl (C=O) groups excluding carboxylic acids is 4. The van der Waals surface area contributed by atoms with Gasteiger partial charge in [-0.15, -0.1) is 0 Å². The Bertz CT molecular complexity index is 1580. The third-order valence-corrected chi connectivity index (χ3v) is 8.04. The second kappa shape index (κ2) is 9.20. The number of imide groups is 1. The molecule has 0 bridgehead atoms. The van der Waals surface area contributed by atoms with Crippen LogP contribution in [0.1, 0.15) is 30.5 Å². The Morgan fingerprint density at radius 1 is 0.950 bits per heavy atom. The SMILES string of the molecule is CCc1ccc2c(c1)[C@@]1(N[C@@H](Cc3ccc(O)c(O)c3)[C@H]3C(=O)N(c4ccc(OC(C)=O)cc4)C(=O)[C@H]31)C(=O)N2. The van der Waals surface area contributed by atoms with Gasteiger partial charge in [-0.05, 0) is 66.4 Å². The number of phenols is 2. The van der Waals surface area contributed by atoms with Gasteiger partial charge in [-0.3, -0.25) is 24.5 Å². The summed E-state index contributed by atoms with van der Waals surface area (Å²) in [5.41, 5.74) is 1.63. The molecule has 3 heterocycles. The van der Waals surface area contributed by atoms with Crippen molar-refractivity contribution in [1.29, 1.82) is 0 Å². The predicted octanol–water partition coefficient (Wildman–Crippen LogP) is 2.75. The maximum Gasteiger partial charge on any atom is 0.308 e. The Morgan fingerprint density at radius 3 is 2.35 bits per heavy atom. The lowest BCUT2D eigenvalue weighted by Crippen LogP contribution is -2.53. The second-order valence-electron chi connectivity index (χ2n) is 10.4. The summed E-state index contributed by atoms with van der Waals surface area (Å²) in [5, 5.41) is 26.1. The zero-order valence-electron chi connectivity index (χ0n) is 21.8. The molecule has 0 aromatic heterocycles. The summed E-state index contributed by atoms with van der Waals surface area (Å²) in [6.07, 6.45) is 0.931.